The molecule has 0 aliphatic heterocycles. The molecule has 70 valence electrons. The van der Waals surface area contributed by atoms with E-state index in [-0.39, 0.29) is 21.7 Å². The summed E-state index contributed by atoms with van der Waals surface area (Å²) in [6.45, 7) is 2.04. The summed E-state index contributed by atoms with van der Waals surface area (Å²) in [5.74, 6) is 0. The summed E-state index contributed by atoms with van der Waals surface area (Å²) in [6, 6.07) is 0. The van der Waals surface area contributed by atoms with Crippen LogP contribution in [0.15, 0.2) is 22.8 Å². The van der Waals surface area contributed by atoms with Gasteiger partial charge in [-0.1, -0.05) is 23.3 Å². The topological polar surface area (TPSA) is 40.5 Å². The Morgan fingerprint density at radius 1 is 1.25 bits per heavy atom. The number of allylic oxidation sites excluding steroid dienone is 4. The molecule has 1 rings (SSSR count). The van der Waals surface area contributed by atoms with E-state index in [9.17, 15) is 0 Å². The maximum absolute atomic E-state index is 7.00. The molecule has 0 radical (unpaired) electrons. The van der Waals surface area contributed by atoms with E-state index in [4.69, 9.17) is 21.8 Å². The van der Waals surface area contributed by atoms with E-state index in [0.717, 1.165) is 25.7 Å². The third kappa shape index (κ3) is 8.50. The van der Waals surface area contributed by atoms with E-state index in [2.05, 4.69) is 6.08 Å². The monoisotopic (exact) mass is 226 g/mol. The van der Waals surface area contributed by atoms with Crippen LogP contribution in [0.1, 0.15) is 13.3 Å². The fourth-order valence-corrected chi connectivity index (χ4v) is 0.745. The van der Waals surface area contributed by atoms with Crippen LogP contribution in [0.2, 0.25) is 0 Å². The Hall–Kier alpha value is 0.404. The first-order valence-electron chi connectivity index (χ1n) is 3.22. The molecule has 0 fully saturated rings. The van der Waals surface area contributed by atoms with Crippen LogP contribution < -0.4 is 0 Å². The molecule has 0 spiro atoms. The fraction of sp³-hybridized carbons (Fsp3) is 0.500. The van der Waals surface area contributed by atoms with E-state index in [1.165, 1.54) is 5.57 Å². The maximum atomic E-state index is 7.00. The Bertz CT molecular complexity index is 144. The zero-order valence-electron chi connectivity index (χ0n) is 7.63. The molecule has 0 aromatic carbocycles. The van der Waals surface area contributed by atoms with Gasteiger partial charge in [0.15, 0.2) is 0 Å². The smallest absolute Gasteiger partial charge is 0.0395 e. The van der Waals surface area contributed by atoms with Gasteiger partial charge < -0.3 is 10.2 Å². The second-order valence-corrected chi connectivity index (χ2v) is 2.14. The molecule has 2 nitrogen and oxygen atoms in total. The summed E-state index contributed by atoms with van der Waals surface area (Å²) < 4.78 is 0. The van der Waals surface area contributed by atoms with Crippen molar-refractivity contribution in [2.45, 2.75) is 13.3 Å². The first-order valence-corrected chi connectivity index (χ1v) is 3.60. The number of aliphatic hydroxyl groups is 2. The summed E-state index contributed by atoms with van der Waals surface area (Å²) in [6.07, 6.45) is 5.05. The fourth-order valence-electron chi connectivity index (χ4n) is 0.579. The minimum absolute atomic E-state index is 0. The van der Waals surface area contributed by atoms with Crippen molar-refractivity contribution in [1.29, 1.82) is 0 Å². The zero-order valence-corrected chi connectivity index (χ0v) is 9.95. The van der Waals surface area contributed by atoms with Crippen molar-refractivity contribution in [2.75, 3.05) is 14.2 Å². The number of hydrogen-bond acceptors (Lipinski definition) is 2. The summed E-state index contributed by atoms with van der Waals surface area (Å²) in [7, 11) is 2.00. The summed E-state index contributed by atoms with van der Waals surface area (Å²) in [4.78, 5) is 0. The van der Waals surface area contributed by atoms with Crippen molar-refractivity contribution in [2.24, 2.45) is 0 Å². The molecule has 0 saturated carbocycles. The molecule has 0 aromatic heterocycles. The van der Waals surface area contributed by atoms with Crippen LogP contribution in [0.4, 0.5) is 0 Å². The van der Waals surface area contributed by atoms with Crippen LogP contribution >= 0.6 is 11.6 Å². The molecule has 0 atom stereocenters. The van der Waals surface area contributed by atoms with Gasteiger partial charge in [0.25, 0.3) is 0 Å². The van der Waals surface area contributed by atoms with Gasteiger partial charge in [0, 0.05) is 41.0 Å². The molecule has 0 heterocycles. The molecule has 4 heteroatoms. The predicted octanol–water partition coefficient (Wildman–Crippen LogP) is 1.67. The number of hydrogen-bond donors (Lipinski definition) is 2. The largest absolute Gasteiger partial charge is 0.400 e. The normalized spacial score (nSPS) is 12.2. The van der Waals surface area contributed by atoms with Gasteiger partial charge in [-0.15, -0.1) is 0 Å². The molecule has 0 amide bonds. The van der Waals surface area contributed by atoms with Crippen LogP contribution in [-0.4, -0.2) is 24.4 Å². The predicted molar refractivity (Wildman–Crippen MR) is 48.6 cm³/mol. The van der Waals surface area contributed by atoms with Gasteiger partial charge in [0.1, 0.15) is 0 Å². The quantitative estimate of drug-likeness (QED) is 0.617. The van der Waals surface area contributed by atoms with E-state index in [1.54, 1.807) is 0 Å². The van der Waals surface area contributed by atoms with Crippen molar-refractivity contribution in [3.05, 3.63) is 22.8 Å². The van der Waals surface area contributed by atoms with Crippen LogP contribution in [0.5, 0.6) is 0 Å². The minimum Gasteiger partial charge on any atom is -0.400 e. The van der Waals surface area contributed by atoms with Gasteiger partial charge in [0.2, 0.25) is 0 Å². The van der Waals surface area contributed by atoms with Crippen molar-refractivity contribution in [3.8, 4) is 0 Å². The van der Waals surface area contributed by atoms with E-state index < -0.39 is 0 Å². The van der Waals surface area contributed by atoms with Gasteiger partial charge in [-0.05, 0) is 19.4 Å². The molecule has 0 unspecified atom stereocenters. The zero-order chi connectivity index (χ0) is 9.28. The van der Waals surface area contributed by atoms with E-state index in [1.807, 2.05) is 13.0 Å². The molecule has 0 saturated heterocycles. The van der Waals surface area contributed by atoms with Gasteiger partial charge in [-0.3, -0.25) is 0 Å². The molecule has 0 bridgehead atoms. The number of rotatable bonds is 0. The van der Waals surface area contributed by atoms with Crippen LogP contribution in [0.3, 0.4) is 0 Å². The third-order valence-electron chi connectivity index (χ3n) is 1.10. The first-order chi connectivity index (χ1) is 5.30. The molecular formula is C8H15ClO2Ti. The maximum Gasteiger partial charge on any atom is 0.0395 e. The molecule has 1 aliphatic rings. The Balaban J connectivity index is -0.000000144. The third-order valence-corrected chi connectivity index (χ3v) is 1.54. The van der Waals surface area contributed by atoms with Gasteiger partial charge in [-0.25, -0.2) is 0 Å². The van der Waals surface area contributed by atoms with Gasteiger partial charge in [-0.2, -0.15) is 0 Å². The SMILES string of the molecule is CC1=C(Cl)C=CC1.CO.CO.[Ti]. The Labute approximate surface area is 93.8 Å². The molecule has 0 aromatic rings. The second-order valence-electron chi connectivity index (χ2n) is 1.73. The number of aliphatic hydroxyl groups excluding tert-OH is 2. The molecular weight excluding hydrogens is 211 g/mol. The van der Waals surface area contributed by atoms with E-state index in [0.29, 0.717) is 0 Å². The average molecular weight is 227 g/mol. The van der Waals surface area contributed by atoms with Gasteiger partial charge in [0.05, 0.1) is 0 Å². The minimum atomic E-state index is 0. The Morgan fingerprint density at radius 2 is 1.67 bits per heavy atom. The Kier molecular flexibility index (Phi) is 21.2. The average Bonchev–Trinajstić information content (AvgIpc) is 2.44. The summed E-state index contributed by atoms with van der Waals surface area (Å²) >= 11 is 5.66. The van der Waals surface area contributed by atoms with E-state index >= 15 is 0 Å². The Morgan fingerprint density at radius 3 is 1.75 bits per heavy atom. The summed E-state index contributed by atoms with van der Waals surface area (Å²) in [5, 5.41) is 14.9. The van der Waals surface area contributed by atoms with Crippen molar-refractivity contribution < 1.29 is 31.9 Å². The van der Waals surface area contributed by atoms with Gasteiger partial charge >= 0.3 is 0 Å². The first kappa shape index (κ1) is 18.2. The molecule has 2 N–H and O–H groups in total. The van der Waals surface area contributed by atoms with Crippen LogP contribution in [0, 0.1) is 0 Å². The second kappa shape index (κ2) is 14.0. The standard InChI is InChI=1S/C6H7Cl.2CH4O.Ti/c1-5-3-2-4-6(5)7;2*1-2;/h2,4H,3H2,1H3;2*2H,1H3;. The molecule has 12 heavy (non-hydrogen) atoms. The summed E-state index contributed by atoms with van der Waals surface area (Å²) in [5.41, 5.74) is 1.28. The van der Waals surface area contributed by atoms with Crippen molar-refractivity contribution in [1.82, 2.24) is 0 Å². The van der Waals surface area contributed by atoms with Crippen LogP contribution in [0.25, 0.3) is 0 Å². The molecule has 1 aliphatic carbocycles. The number of halogens is 1. The van der Waals surface area contributed by atoms with Crippen molar-refractivity contribution in [3.63, 3.8) is 0 Å². The van der Waals surface area contributed by atoms with Crippen molar-refractivity contribution >= 4 is 11.6 Å². The van der Waals surface area contributed by atoms with Crippen LogP contribution in [-0.2, 0) is 21.7 Å².